The van der Waals surface area contributed by atoms with E-state index in [0.717, 1.165) is 33.5 Å². The van der Waals surface area contributed by atoms with Gasteiger partial charge in [0.1, 0.15) is 0 Å². The van der Waals surface area contributed by atoms with Gasteiger partial charge in [-0.15, -0.1) is 39.5 Å². The molecule has 0 unspecified atom stereocenters. The Labute approximate surface area is 169 Å². The van der Waals surface area contributed by atoms with Crippen LogP contribution in [0.15, 0.2) is 53.2 Å². The molecule has 0 spiro atoms. The van der Waals surface area contributed by atoms with Gasteiger partial charge in [0, 0.05) is 24.1 Å². The molecule has 0 aliphatic heterocycles. The van der Waals surface area contributed by atoms with Gasteiger partial charge >= 0.3 is 0 Å². The van der Waals surface area contributed by atoms with Crippen LogP contribution in [0.4, 0.5) is 0 Å². The second-order valence-corrected chi connectivity index (χ2v) is 8.68. The molecule has 1 aromatic carbocycles. The minimum atomic E-state index is 0.0697. The summed E-state index contributed by atoms with van der Waals surface area (Å²) in [4.78, 5) is 18.6. The van der Waals surface area contributed by atoms with Crippen molar-refractivity contribution in [2.45, 2.75) is 12.2 Å². The van der Waals surface area contributed by atoms with E-state index >= 15 is 0 Å². The molecule has 0 aliphatic carbocycles. The Morgan fingerprint density at radius 1 is 1.15 bits per heavy atom. The maximum Gasteiger partial charge on any atom is 0.230 e. The molecular weight excluding hydrogens is 396 g/mol. The lowest BCUT2D eigenvalue weighted by Gasteiger charge is -2.05. The van der Waals surface area contributed by atoms with Gasteiger partial charge < -0.3 is 5.32 Å². The molecule has 1 amide bonds. The second-order valence-electron chi connectivity index (χ2n) is 5.91. The fraction of sp³-hybridized carbons (Fsp3) is 0.211. The lowest BCUT2D eigenvalue weighted by Crippen LogP contribution is -2.27. The average Bonchev–Trinajstić information content (AvgIpc) is 3.40. The van der Waals surface area contributed by atoms with Crippen LogP contribution in [0.2, 0.25) is 0 Å². The summed E-state index contributed by atoms with van der Waals surface area (Å²) in [7, 11) is 0. The number of carbonyl (C=O) groups is 1. The highest BCUT2D eigenvalue weighted by atomic mass is 32.2. The van der Waals surface area contributed by atoms with E-state index in [1.165, 1.54) is 5.56 Å². The number of carbonyl (C=O) groups excluding carboxylic acids is 1. The van der Waals surface area contributed by atoms with Gasteiger partial charge in [-0.05, 0) is 17.0 Å². The molecular formula is C19H18N4OS3. The number of nitrogens with zero attached hydrogens (tertiary/aromatic N) is 3. The van der Waals surface area contributed by atoms with Gasteiger partial charge in [-0.2, -0.15) is 4.98 Å². The van der Waals surface area contributed by atoms with Gasteiger partial charge in [0.15, 0.2) is 5.82 Å². The number of rotatable bonds is 8. The molecule has 0 radical (unpaired) electrons. The molecule has 3 heterocycles. The molecule has 0 fully saturated rings. The fourth-order valence-corrected chi connectivity index (χ4v) is 4.95. The molecule has 0 saturated heterocycles. The van der Waals surface area contributed by atoms with E-state index in [2.05, 4.69) is 32.9 Å². The summed E-state index contributed by atoms with van der Waals surface area (Å²) in [5.74, 6) is 2.16. The molecule has 27 heavy (non-hydrogen) atoms. The number of thiazole rings is 1. The number of thioether (sulfide) groups is 1. The molecule has 1 N–H and O–H groups in total. The molecule has 3 aromatic heterocycles. The Balaban J connectivity index is 1.26. The van der Waals surface area contributed by atoms with Gasteiger partial charge in [0.25, 0.3) is 0 Å². The number of aromatic nitrogens is 3. The third kappa shape index (κ3) is 4.58. The summed E-state index contributed by atoms with van der Waals surface area (Å²) in [5.41, 5.74) is 2.31. The van der Waals surface area contributed by atoms with Gasteiger partial charge in [-0.1, -0.05) is 36.4 Å². The summed E-state index contributed by atoms with van der Waals surface area (Å²) in [6.45, 7) is 0.602. The first-order valence-corrected chi connectivity index (χ1v) is 11.5. The van der Waals surface area contributed by atoms with Crippen molar-refractivity contribution < 1.29 is 4.79 Å². The summed E-state index contributed by atoms with van der Waals surface area (Å²) in [5, 5.41) is 11.7. The van der Waals surface area contributed by atoms with Gasteiger partial charge in [0.05, 0.1) is 16.3 Å². The van der Waals surface area contributed by atoms with Crippen LogP contribution >= 0.6 is 34.4 Å². The van der Waals surface area contributed by atoms with E-state index in [1.54, 1.807) is 34.4 Å². The summed E-state index contributed by atoms with van der Waals surface area (Å²) < 4.78 is 1.88. The van der Waals surface area contributed by atoms with Crippen molar-refractivity contribution in [3.8, 4) is 10.7 Å². The summed E-state index contributed by atoms with van der Waals surface area (Å²) in [6.07, 6.45) is 0.738. The number of thiophene rings is 1. The topological polar surface area (TPSA) is 59.3 Å². The second kappa shape index (κ2) is 8.69. The molecule has 0 saturated carbocycles. The van der Waals surface area contributed by atoms with Gasteiger partial charge in [-0.3, -0.25) is 4.79 Å². The Hall–Kier alpha value is -2.16. The number of nitrogens with one attached hydrogen (secondary N) is 1. The Bertz CT molecular complexity index is 1010. The van der Waals surface area contributed by atoms with Crippen molar-refractivity contribution in [1.82, 2.24) is 19.9 Å². The average molecular weight is 415 g/mol. The highest BCUT2D eigenvalue weighted by molar-refractivity contribution is 7.99. The molecule has 138 valence electrons. The van der Waals surface area contributed by atoms with Crippen molar-refractivity contribution in [1.29, 1.82) is 0 Å². The number of amides is 1. The molecule has 8 heteroatoms. The van der Waals surface area contributed by atoms with Crippen LogP contribution in [-0.2, 0) is 17.0 Å². The zero-order chi connectivity index (χ0) is 18.5. The Morgan fingerprint density at radius 3 is 2.85 bits per heavy atom. The van der Waals surface area contributed by atoms with Gasteiger partial charge in [-0.25, -0.2) is 4.52 Å². The third-order valence-electron chi connectivity index (χ3n) is 3.94. The van der Waals surface area contributed by atoms with Crippen molar-refractivity contribution in [2.24, 2.45) is 0 Å². The molecule has 0 aliphatic rings. The van der Waals surface area contributed by atoms with Crippen LogP contribution < -0.4 is 5.32 Å². The van der Waals surface area contributed by atoms with E-state index in [-0.39, 0.29) is 5.91 Å². The Morgan fingerprint density at radius 2 is 2.04 bits per heavy atom. The molecule has 0 bridgehead atoms. The number of fused-ring (bicyclic) bond motifs is 1. The third-order valence-corrected chi connectivity index (χ3v) is 6.67. The van der Waals surface area contributed by atoms with Crippen molar-refractivity contribution in [3.05, 3.63) is 64.5 Å². The quantitative estimate of drug-likeness (QED) is 0.471. The predicted molar refractivity (Wildman–Crippen MR) is 113 cm³/mol. The maximum atomic E-state index is 12.0. The van der Waals surface area contributed by atoms with Crippen molar-refractivity contribution in [3.63, 3.8) is 0 Å². The number of benzene rings is 1. The standard InChI is InChI=1S/C19H18N4OS3/c24-17(13-25-11-14-5-2-1-3-6-14)20-9-8-15-12-27-19-21-18(22-23(15)19)16-7-4-10-26-16/h1-7,10,12H,8-9,11,13H2,(H,20,24). The van der Waals surface area contributed by atoms with E-state index < -0.39 is 0 Å². The van der Waals surface area contributed by atoms with E-state index in [1.807, 2.05) is 40.2 Å². The van der Waals surface area contributed by atoms with Crippen LogP contribution in [0.5, 0.6) is 0 Å². The maximum absolute atomic E-state index is 12.0. The molecule has 4 rings (SSSR count). The first-order valence-electron chi connectivity index (χ1n) is 8.55. The SMILES string of the molecule is O=C(CSCc1ccccc1)NCCc1csc2nc(-c3cccs3)nn12. The Kier molecular flexibility index (Phi) is 5.86. The fourth-order valence-electron chi connectivity index (χ4n) is 2.62. The largest absolute Gasteiger partial charge is 0.355 e. The predicted octanol–water partition coefficient (Wildman–Crippen LogP) is 4.11. The van der Waals surface area contributed by atoms with Crippen molar-refractivity contribution in [2.75, 3.05) is 12.3 Å². The summed E-state index contributed by atoms with van der Waals surface area (Å²) >= 11 is 4.85. The first-order chi connectivity index (χ1) is 13.3. The lowest BCUT2D eigenvalue weighted by atomic mass is 10.2. The van der Waals surface area contributed by atoms with Crippen LogP contribution in [0, 0.1) is 0 Å². The zero-order valence-electron chi connectivity index (χ0n) is 14.5. The molecule has 0 atom stereocenters. The highest BCUT2D eigenvalue weighted by Gasteiger charge is 2.12. The number of hydrogen-bond donors (Lipinski definition) is 1. The van der Waals surface area contributed by atoms with E-state index in [0.29, 0.717) is 12.3 Å². The van der Waals surface area contributed by atoms with E-state index in [9.17, 15) is 4.79 Å². The first kappa shape index (κ1) is 18.2. The minimum absolute atomic E-state index is 0.0697. The summed E-state index contributed by atoms with van der Waals surface area (Å²) in [6, 6.07) is 14.2. The van der Waals surface area contributed by atoms with Crippen LogP contribution in [0.25, 0.3) is 15.7 Å². The van der Waals surface area contributed by atoms with E-state index in [4.69, 9.17) is 0 Å². The van der Waals surface area contributed by atoms with Crippen molar-refractivity contribution >= 4 is 45.3 Å². The lowest BCUT2D eigenvalue weighted by molar-refractivity contribution is -0.118. The number of hydrogen-bond acceptors (Lipinski definition) is 6. The zero-order valence-corrected chi connectivity index (χ0v) is 16.9. The van der Waals surface area contributed by atoms with Crippen LogP contribution in [0.3, 0.4) is 0 Å². The smallest absolute Gasteiger partial charge is 0.230 e. The van der Waals surface area contributed by atoms with Gasteiger partial charge in [0.2, 0.25) is 10.9 Å². The monoisotopic (exact) mass is 414 g/mol. The minimum Gasteiger partial charge on any atom is -0.355 e. The van der Waals surface area contributed by atoms with Crippen LogP contribution in [0.1, 0.15) is 11.3 Å². The molecule has 4 aromatic rings. The normalized spacial score (nSPS) is 11.1. The molecule has 5 nitrogen and oxygen atoms in total. The highest BCUT2D eigenvalue weighted by Crippen LogP contribution is 2.24. The van der Waals surface area contributed by atoms with Crippen LogP contribution in [-0.4, -0.2) is 32.8 Å².